The van der Waals surface area contributed by atoms with Crippen molar-refractivity contribution in [1.29, 1.82) is 0 Å². The quantitative estimate of drug-likeness (QED) is 0.426. The molecule has 0 aromatic heterocycles. The van der Waals surface area contributed by atoms with E-state index in [9.17, 15) is 4.79 Å². The lowest BCUT2D eigenvalue weighted by Crippen LogP contribution is -2.39. The number of carbonyl (C=O) groups excluding carboxylic acids is 1. The van der Waals surface area contributed by atoms with E-state index in [2.05, 4.69) is 51.1 Å². The molecule has 0 saturated heterocycles. The number of benzene rings is 2. The number of dihydropyridines is 1. The third kappa shape index (κ3) is 6.28. The van der Waals surface area contributed by atoms with Crippen LogP contribution in [0.1, 0.15) is 53.5 Å². The molecule has 3 unspecified atom stereocenters. The molecule has 1 fully saturated rings. The molecular weight excluding hydrogens is 438 g/mol. The second kappa shape index (κ2) is 11.8. The normalized spacial score (nSPS) is 22.2. The number of aryl methyl sites for hydroxylation is 1. The molecule has 2 aromatic rings. The van der Waals surface area contributed by atoms with Crippen LogP contribution in [0.15, 0.2) is 53.5 Å². The highest BCUT2D eigenvalue weighted by Gasteiger charge is 2.34. The predicted octanol–water partition coefficient (Wildman–Crippen LogP) is 5.86. The van der Waals surface area contributed by atoms with Crippen LogP contribution in [0.2, 0.25) is 0 Å². The predicted molar refractivity (Wildman–Crippen MR) is 139 cm³/mol. The Bertz CT molecular complexity index is 1090. The second-order valence-electron chi connectivity index (χ2n) is 9.77. The number of rotatable bonds is 9. The summed E-state index contributed by atoms with van der Waals surface area (Å²) < 4.78 is 17.3. The molecule has 0 bridgehead atoms. The third-order valence-corrected chi connectivity index (χ3v) is 7.31. The van der Waals surface area contributed by atoms with E-state index in [1.54, 1.807) is 7.11 Å². The smallest absolute Gasteiger partial charge is 0.147 e. The minimum atomic E-state index is -0.160. The summed E-state index contributed by atoms with van der Waals surface area (Å²) in [6.07, 6.45) is 8.00. The summed E-state index contributed by atoms with van der Waals surface area (Å²) >= 11 is 0. The van der Waals surface area contributed by atoms with Gasteiger partial charge in [-0.25, -0.2) is 0 Å². The fourth-order valence-corrected chi connectivity index (χ4v) is 5.19. The Balaban J connectivity index is 1.53. The molecule has 0 spiro atoms. The molecule has 0 radical (unpaired) electrons. The number of ether oxygens (including phenoxy) is 3. The number of hydrogen-bond donors (Lipinski definition) is 0. The summed E-state index contributed by atoms with van der Waals surface area (Å²) in [6.45, 7) is 7.22. The lowest BCUT2D eigenvalue weighted by Gasteiger charge is -2.33. The summed E-state index contributed by atoms with van der Waals surface area (Å²) in [5.74, 6) is 1.49. The summed E-state index contributed by atoms with van der Waals surface area (Å²) in [5, 5.41) is 0. The van der Waals surface area contributed by atoms with Crippen molar-refractivity contribution in [3.8, 4) is 5.75 Å². The van der Waals surface area contributed by atoms with E-state index in [1.165, 1.54) is 16.7 Å². The minimum absolute atomic E-state index is 0.0513. The number of carbonyl (C=O) groups is 1. The van der Waals surface area contributed by atoms with Crippen LogP contribution in [0, 0.1) is 26.7 Å². The van der Waals surface area contributed by atoms with Gasteiger partial charge < -0.3 is 14.2 Å². The minimum Gasteiger partial charge on any atom is -0.489 e. The highest BCUT2D eigenvalue weighted by atomic mass is 16.7. The van der Waals surface area contributed by atoms with Crippen LogP contribution in [0.5, 0.6) is 5.75 Å². The Morgan fingerprint density at radius 2 is 1.89 bits per heavy atom. The summed E-state index contributed by atoms with van der Waals surface area (Å²) in [4.78, 5) is 17.3. The molecule has 0 N–H and O–H groups in total. The molecule has 1 aliphatic carbocycles. The molecule has 186 valence electrons. The van der Waals surface area contributed by atoms with E-state index in [4.69, 9.17) is 19.2 Å². The molecule has 5 nitrogen and oxygen atoms in total. The van der Waals surface area contributed by atoms with Gasteiger partial charge in [0.15, 0.2) is 0 Å². The van der Waals surface area contributed by atoms with Gasteiger partial charge in [0.25, 0.3) is 0 Å². The molecule has 5 heteroatoms. The third-order valence-electron chi connectivity index (χ3n) is 7.31. The van der Waals surface area contributed by atoms with Crippen molar-refractivity contribution in [3.05, 3.63) is 76.4 Å². The number of ketones is 1. The van der Waals surface area contributed by atoms with Gasteiger partial charge in [-0.2, -0.15) is 0 Å². The summed E-state index contributed by atoms with van der Waals surface area (Å²) in [6, 6.07) is 12.3. The molecule has 2 aromatic carbocycles. The zero-order chi connectivity index (χ0) is 24.8. The molecule has 1 heterocycles. The standard InChI is InChI=1S/C30H37NO4/c1-20-15-29(34-18-23-9-6-5-7-10-23)22(3)21(2)27(20)17-25-13-14-28(35-19-33-4)30(31-25)24-11-8-12-26(32)16-24/h5-7,9-10,13-15,24,28,30H,8,11-12,16-19H2,1-4H3. The molecular formula is C30H37NO4. The number of methoxy groups -OCH3 is 1. The number of aliphatic imine (C=N–C) groups is 1. The van der Waals surface area contributed by atoms with Crippen molar-refractivity contribution >= 4 is 11.5 Å². The molecule has 1 aliphatic heterocycles. The molecule has 35 heavy (non-hydrogen) atoms. The second-order valence-corrected chi connectivity index (χ2v) is 9.77. The number of allylic oxidation sites excluding steroid dienone is 1. The van der Waals surface area contributed by atoms with Crippen molar-refractivity contribution in [2.24, 2.45) is 10.9 Å². The maximum Gasteiger partial charge on any atom is 0.147 e. The van der Waals surface area contributed by atoms with Crippen molar-refractivity contribution in [2.75, 3.05) is 13.9 Å². The average Bonchev–Trinajstić information content (AvgIpc) is 2.87. The van der Waals surface area contributed by atoms with Crippen LogP contribution in [0.25, 0.3) is 0 Å². The Kier molecular flexibility index (Phi) is 8.53. The van der Waals surface area contributed by atoms with E-state index in [-0.39, 0.29) is 24.9 Å². The monoisotopic (exact) mass is 475 g/mol. The van der Waals surface area contributed by atoms with Gasteiger partial charge in [0, 0.05) is 32.1 Å². The first-order valence-corrected chi connectivity index (χ1v) is 12.6. The largest absolute Gasteiger partial charge is 0.489 e. The van der Waals surface area contributed by atoms with Gasteiger partial charge in [-0.15, -0.1) is 0 Å². The van der Waals surface area contributed by atoms with Crippen LogP contribution < -0.4 is 4.74 Å². The van der Waals surface area contributed by atoms with Crippen LogP contribution in [-0.2, 0) is 27.3 Å². The summed E-state index contributed by atoms with van der Waals surface area (Å²) in [7, 11) is 1.63. The van der Waals surface area contributed by atoms with Gasteiger partial charge in [0.1, 0.15) is 31.0 Å². The van der Waals surface area contributed by atoms with Crippen LogP contribution >= 0.6 is 0 Å². The fourth-order valence-electron chi connectivity index (χ4n) is 5.19. The first-order valence-electron chi connectivity index (χ1n) is 12.6. The first-order chi connectivity index (χ1) is 17.0. The Morgan fingerprint density at radius 3 is 2.63 bits per heavy atom. The first kappa shape index (κ1) is 25.3. The number of Topliss-reactive ketones (excluding diaryl/α,β-unsaturated/α-hetero) is 1. The van der Waals surface area contributed by atoms with Crippen molar-refractivity contribution in [3.63, 3.8) is 0 Å². The van der Waals surface area contributed by atoms with Crippen LogP contribution in [0.3, 0.4) is 0 Å². The molecule has 4 rings (SSSR count). The number of nitrogens with zero attached hydrogens (tertiary/aromatic N) is 1. The van der Waals surface area contributed by atoms with E-state index >= 15 is 0 Å². The maximum atomic E-state index is 12.2. The van der Waals surface area contributed by atoms with Crippen molar-refractivity contribution in [2.45, 2.75) is 71.6 Å². The maximum absolute atomic E-state index is 12.2. The topological polar surface area (TPSA) is 57.1 Å². The fraction of sp³-hybridized carbons (Fsp3) is 0.467. The van der Waals surface area contributed by atoms with Crippen LogP contribution in [0.4, 0.5) is 0 Å². The average molecular weight is 476 g/mol. The molecule has 0 amide bonds. The van der Waals surface area contributed by atoms with E-state index in [1.807, 2.05) is 18.2 Å². The van der Waals surface area contributed by atoms with Crippen molar-refractivity contribution in [1.82, 2.24) is 0 Å². The van der Waals surface area contributed by atoms with Crippen molar-refractivity contribution < 1.29 is 19.0 Å². The van der Waals surface area contributed by atoms with Gasteiger partial charge in [0.2, 0.25) is 0 Å². The lowest BCUT2D eigenvalue weighted by atomic mass is 9.80. The zero-order valence-electron chi connectivity index (χ0n) is 21.4. The summed E-state index contributed by atoms with van der Waals surface area (Å²) in [5.41, 5.74) is 7.09. The Morgan fingerprint density at radius 1 is 1.09 bits per heavy atom. The van der Waals surface area contributed by atoms with Gasteiger partial charge in [-0.1, -0.05) is 36.4 Å². The van der Waals surface area contributed by atoms with E-state index < -0.39 is 0 Å². The number of hydrogen-bond acceptors (Lipinski definition) is 5. The Hall–Kier alpha value is -2.76. The highest BCUT2D eigenvalue weighted by Crippen LogP contribution is 2.33. The van der Waals surface area contributed by atoms with Gasteiger partial charge in [-0.05, 0) is 79.5 Å². The zero-order valence-corrected chi connectivity index (χ0v) is 21.4. The van der Waals surface area contributed by atoms with Gasteiger partial charge >= 0.3 is 0 Å². The van der Waals surface area contributed by atoms with Crippen LogP contribution in [-0.4, -0.2) is 37.5 Å². The van der Waals surface area contributed by atoms with Gasteiger partial charge in [-0.3, -0.25) is 9.79 Å². The molecule has 2 aliphatic rings. The van der Waals surface area contributed by atoms with E-state index in [0.717, 1.165) is 41.9 Å². The molecule has 1 saturated carbocycles. The van der Waals surface area contributed by atoms with E-state index in [0.29, 0.717) is 25.2 Å². The lowest BCUT2D eigenvalue weighted by molar-refractivity contribution is -0.122. The SMILES string of the molecule is COCOC1C=CC(Cc2c(C)cc(OCc3ccccc3)c(C)c2C)=NC1C1CCCC(=O)C1. The highest BCUT2D eigenvalue weighted by molar-refractivity contribution is 5.98. The molecule has 3 atom stereocenters. The Labute approximate surface area is 209 Å². The van der Waals surface area contributed by atoms with Gasteiger partial charge in [0.05, 0.1) is 6.04 Å².